The SMILES string of the molecule is COc1ccc([C@@H](Nc2ccc3c(N)nccc3c2)C(=O)NC(CC(=O)O)c2ccccc2F)cc1OC. The smallest absolute Gasteiger partial charge is 0.305 e. The molecular weight excluding hydrogens is 491 g/mol. The number of halogens is 1. The number of nitrogens with zero attached hydrogens (tertiary/aromatic N) is 1. The average Bonchev–Trinajstić information content (AvgIpc) is 2.91. The molecule has 0 saturated heterocycles. The van der Waals surface area contributed by atoms with Gasteiger partial charge in [-0.1, -0.05) is 24.3 Å². The molecule has 196 valence electrons. The predicted octanol–water partition coefficient (Wildman–Crippen LogP) is 4.46. The second kappa shape index (κ2) is 11.5. The first-order valence-electron chi connectivity index (χ1n) is 11.7. The molecule has 1 amide bonds. The number of carboxylic acid groups (broad SMARTS) is 1. The van der Waals surface area contributed by atoms with Gasteiger partial charge in [0.1, 0.15) is 17.7 Å². The number of benzene rings is 3. The number of nitrogens with one attached hydrogen (secondary N) is 2. The largest absolute Gasteiger partial charge is 0.493 e. The van der Waals surface area contributed by atoms with Gasteiger partial charge >= 0.3 is 5.97 Å². The van der Waals surface area contributed by atoms with Crippen molar-refractivity contribution in [2.24, 2.45) is 0 Å². The molecule has 0 saturated carbocycles. The number of rotatable bonds is 10. The summed E-state index contributed by atoms with van der Waals surface area (Å²) >= 11 is 0. The molecule has 0 radical (unpaired) electrons. The van der Waals surface area contributed by atoms with Crippen molar-refractivity contribution in [2.75, 3.05) is 25.3 Å². The molecule has 0 bridgehead atoms. The van der Waals surface area contributed by atoms with Crippen LogP contribution in [0.2, 0.25) is 0 Å². The van der Waals surface area contributed by atoms with Gasteiger partial charge < -0.3 is 30.9 Å². The molecule has 5 N–H and O–H groups in total. The van der Waals surface area contributed by atoms with Crippen LogP contribution in [0.3, 0.4) is 0 Å². The van der Waals surface area contributed by atoms with E-state index in [2.05, 4.69) is 15.6 Å². The molecule has 4 aromatic rings. The third-order valence-electron chi connectivity index (χ3n) is 6.09. The van der Waals surface area contributed by atoms with Gasteiger partial charge in [0.15, 0.2) is 11.5 Å². The Hall–Kier alpha value is -4.86. The van der Waals surface area contributed by atoms with E-state index in [1.165, 1.54) is 32.4 Å². The molecule has 2 atom stereocenters. The van der Waals surface area contributed by atoms with Crippen LogP contribution in [0.15, 0.2) is 72.9 Å². The van der Waals surface area contributed by atoms with Crippen molar-refractivity contribution in [2.45, 2.75) is 18.5 Å². The number of carboxylic acids is 1. The van der Waals surface area contributed by atoms with Crippen LogP contribution in [-0.4, -0.2) is 36.2 Å². The highest BCUT2D eigenvalue weighted by atomic mass is 19.1. The summed E-state index contributed by atoms with van der Waals surface area (Å²) in [6.07, 6.45) is 1.08. The van der Waals surface area contributed by atoms with E-state index in [-0.39, 0.29) is 5.56 Å². The molecule has 0 fully saturated rings. The Bertz CT molecular complexity index is 1480. The van der Waals surface area contributed by atoms with E-state index in [0.29, 0.717) is 28.6 Å². The Labute approximate surface area is 218 Å². The van der Waals surface area contributed by atoms with Crippen LogP contribution < -0.4 is 25.8 Å². The van der Waals surface area contributed by atoms with Gasteiger partial charge in [0, 0.05) is 22.8 Å². The molecule has 0 aliphatic carbocycles. The van der Waals surface area contributed by atoms with Crippen molar-refractivity contribution >= 4 is 34.2 Å². The van der Waals surface area contributed by atoms with Crippen molar-refractivity contribution < 1.29 is 28.6 Å². The summed E-state index contributed by atoms with van der Waals surface area (Å²) in [6, 6.07) is 15.8. The summed E-state index contributed by atoms with van der Waals surface area (Å²) in [7, 11) is 2.98. The van der Waals surface area contributed by atoms with Gasteiger partial charge in [0.2, 0.25) is 5.91 Å². The number of carbonyl (C=O) groups excluding carboxylic acids is 1. The van der Waals surface area contributed by atoms with E-state index in [4.69, 9.17) is 15.2 Å². The van der Waals surface area contributed by atoms with Gasteiger partial charge in [-0.3, -0.25) is 9.59 Å². The lowest BCUT2D eigenvalue weighted by molar-refractivity contribution is -0.137. The lowest BCUT2D eigenvalue weighted by Crippen LogP contribution is -2.37. The zero-order valence-corrected chi connectivity index (χ0v) is 20.8. The maximum absolute atomic E-state index is 14.6. The summed E-state index contributed by atoms with van der Waals surface area (Å²) in [5, 5.41) is 16.9. The Morgan fingerprint density at radius 2 is 1.79 bits per heavy atom. The summed E-state index contributed by atoms with van der Waals surface area (Å²) in [5.74, 6) is -1.12. The fourth-order valence-corrected chi connectivity index (χ4v) is 4.22. The van der Waals surface area contributed by atoms with Gasteiger partial charge in [0.05, 0.1) is 26.7 Å². The van der Waals surface area contributed by atoms with Crippen LogP contribution in [0.1, 0.15) is 29.6 Å². The van der Waals surface area contributed by atoms with Crippen LogP contribution in [-0.2, 0) is 9.59 Å². The number of nitrogen functional groups attached to an aromatic ring is 1. The van der Waals surface area contributed by atoms with Gasteiger partial charge in [-0.2, -0.15) is 0 Å². The predicted molar refractivity (Wildman–Crippen MR) is 142 cm³/mol. The number of nitrogens with two attached hydrogens (primary N) is 1. The number of amides is 1. The van der Waals surface area contributed by atoms with Crippen LogP contribution in [0, 0.1) is 5.82 Å². The number of fused-ring (bicyclic) bond motifs is 1. The van der Waals surface area contributed by atoms with E-state index in [1.807, 2.05) is 6.07 Å². The Morgan fingerprint density at radius 3 is 2.50 bits per heavy atom. The monoisotopic (exact) mass is 518 g/mol. The summed E-state index contributed by atoms with van der Waals surface area (Å²) in [4.78, 5) is 29.4. The second-order valence-corrected chi connectivity index (χ2v) is 8.50. The number of anilines is 2. The minimum atomic E-state index is -1.19. The van der Waals surface area contributed by atoms with E-state index in [0.717, 1.165) is 10.8 Å². The van der Waals surface area contributed by atoms with Crippen molar-refractivity contribution in [3.8, 4) is 11.5 Å². The van der Waals surface area contributed by atoms with Crippen LogP contribution >= 0.6 is 0 Å². The zero-order valence-electron chi connectivity index (χ0n) is 20.8. The Kier molecular flexibility index (Phi) is 7.91. The highest BCUT2D eigenvalue weighted by molar-refractivity contribution is 5.94. The van der Waals surface area contributed by atoms with Crippen LogP contribution in [0.25, 0.3) is 10.8 Å². The minimum absolute atomic E-state index is 0.0722. The zero-order chi connectivity index (χ0) is 27.2. The van der Waals surface area contributed by atoms with Gasteiger partial charge in [-0.05, 0) is 53.4 Å². The molecule has 4 rings (SSSR count). The first kappa shape index (κ1) is 26.2. The molecule has 0 aliphatic rings. The Balaban J connectivity index is 1.73. The number of pyridine rings is 1. The molecule has 0 spiro atoms. The van der Waals surface area contributed by atoms with Crippen LogP contribution in [0.5, 0.6) is 11.5 Å². The molecule has 9 nitrogen and oxygen atoms in total. The number of aliphatic carboxylic acids is 1. The molecule has 3 aromatic carbocycles. The van der Waals surface area contributed by atoms with Crippen molar-refractivity contribution in [3.05, 3.63) is 89.9 Å². The molecular formula is C28H27FN4O5. The summed E-state index contributed by atoms with van der Waals surface area (Å²) in [5.41, 5.74) is 7.15. The number of methoxy groups -OCH3 is 2. The van der Waals surface area contributed by atoms with Gasteiger partial charge in [-0.15, -0.1) is 0 Å². The fourth-order valence-electron chi connectivity index (χ4n) is 4.22. The normalized spacial score (nSPS) is 12.4. The van der Waals surface area contributed by atoms with Gasteiger partial charge in [0.25, 0.3) is 0 Å². The second-order valence-electron chi connectivity index (χ2n) is 8.50. The quantitative estimate of drug-likeness (QED) is 0.242. The number of ether oxygens (including phenoxy) is 2. The third-order valence-corrected chi connectivity index (χ3v) is 6.09. The molecule has 38 heavy (non-hydrogen) atoms. The van der Waals surface area contributed by atoms with Crippen molar-refractivity contribution in [1.29, 1.82) is 0 Å². The fraction of sp³-hybridized carbons (Fsp3) is 0.179. The first-order valence-corrected chi connectivity index (χ1v) is 11.7. The van der Waals surface area contributed by atoms with Crippen molar-refractivity contribution in [3.63, 3.8) is 0 Å². The van der Waals surface area contributed by atoms with Crippen LogP contribution in [0.4, 0.5) is 15.9 Å². The van der Waals surface area contributed by atoms with E-state index in [9.17, 15) is 19.1 Å². The van der Waals surface area contributed by atoms with E-state index < -0.39 is 36.2 Å². The molecule has 1 heterocycles. The van der Waals surface area contributed by atoms with Crippen molar-refractivity contribution in [1.82, 2.24) is 10.3 Å². The van der Waals surface area contributed by atoms with E-state index >= 15 is 0 Å². The highest BCUT2D eigenvalue weighted by Gasteiger charge is 2.28. The third kappa shape index (κ3) is 5.75. The topological polar surface area (TPSA) is 136 Å². The lowest BCUT2D eigenvalue weighted by atomic mass is 10.00. The standard InChI is InChI=1S/C28H27FN4O5/c1-37-23-10-7-17(14-24(23)38-2)26(32-18-8-9-19-16(13-18)11-12-31-27(19)30)28(36)33-22(15-25(34)35)20-5-3-4-6-21(20)29/h3-14,22,26,32H,15H2,1-2H3,(H2,30,31)(H,33,36)(H,34,35)/t22?,26-/m1/s1. The summed E-state index contributed by atoms with van der Waals surface area (Å²) < 4.78 is 25.3. The number of aromatic nitrogens is 1. The minimum Gasteiger partial charge on any atom is -0.493 e. The average molecular weight is 519 g/mol. The van der Waals surface area contributed by atoms with Gasteiger partial charge in [-0.25, -0.2) is 9.37 Å². The number of hydrogen-bond acceptors (Lipinski definition) is 7. The maximum Gasteiger partial charge on any atom is 0.305 e. The maximum atomic E-state index is 14.6. The molecule has 1 unspecified atom stereocenters. The lowest BCUT2D eigenvalue weighted by Gasteiger charge is -2.25. The number of carbonyl (C=O) groups is 2. The molecule has 10 heteroatoms. The Morgan fingerprint density at radius 1 is 1.03 bits per heavy atom. The highest BCUT2D eigenvalue weighted by Crippen LogP contribution is 2.33. The van der Waals surface area contributed by atoms with E-state index in [1.54, 1.807) is 48.7 Å². The molecule has 1 aromatic heterocycles. The molecule has 0 aliphatic heterocycles. The first-order chi connectivity index (χ1) is 18.3. The summed E-state index contributed by atoms with van der Waals surface area (Å²) in [6.45, 7) is 0. The number of hydrogen-bond donors (Lipinski definition) is 4.